The highest BCUT2D eigenvalue weighted by Gasteiger charge is 2.42. The lowest BCUT2D eigenvalue weighted by Crippen LogP contribution is -2.56. The van der Waals surface area contributed by atoms with Gasteiger partial charge in [0.1, 0.15) is 0 Å². The molecule has 1 aliphatic carbocycles. The minimum atomic E-state index is -1.46. The van der Waals surface area contributed by atoms with Crippen LogP contribution in [0.2, 0.25) is 39.3 Å². The number of hydrogen-bond donors (Lipinski definition) is 0. The van der Waals surface area contributed by atoms with E-state index in [1.807, 2.05) is 0 Å². The van der Waals surface area contributed by atoms with Crippen LogP contribution >= 0.6 is 0 Å². The summed E-state index contributed by atoms with van der Waals surface area (Å²) < 4.78 is 12.9. The second-order valence-electron chi connectivity index (χ2n) is 7.49. The first-order chi connectivity index (χ1) is 7.52. The summed E-state index contributed by atoms with van der Waals surface area (Å²) in [5.41, 5.74) is 0. The summed E-state index contributed by atoms with van der Waals surface area (Å²) >= 11 is 0. The lowest BCUT2D eigenvalue weighted by molar-refractivity contribution is -0.0181. The van der Waals surface area contributed by atoms with Gasteiger partial charge in [-0.3, -0.25) is 0 Å². The van der Waals surface area contributed by atoms with Crippen molar-refractivity contribution in [1.82, 2.24) is 0 Å². The van der Waals surface area contributed by atoms with E-state index in [9.17, 15) is 0 Å². The Hall–Kier alpha value is 0.571. The first kappa shape index (κ1) is 15.6. The summed E-state index contributed by atoms with van der Waals surface area (Å²) in [4.78, 5) is 0. The van der Waals surface area contributed by atoms with Crippen molar-refractivity contribution in [3.05, 3.63) is 0 Å². The van der Waals surface area contributed by atoms with Gasteiger partial charge in [0.25, 0.3) is 0 Å². The quantitative estimate of drug-likeness (QED) is 0.741. The SMILES string of the molecule is C[Si](C)(C)OC1CCCCC1([SiH3])O[Si](C)(C)C. The first-order valence-corrected chi connectivity index (χ1v) is 14.7. The highest BCUT2D eigenvalue weighted by molar-refractivity contribution is 6.70. The molecule has 0 aromatic carbocycles. The second kappa shape index (κ2) is 5.29. The van der Waals surface area contributed by atoms with Crippen LogP contribution in [0.5, 0.6) is 0 Å². The van der Waals surface area contributed by atoms with Crippen LogP contribution in [0.15, 0.2) is 0 Å². The molecular weight excluding hydrogens is 260 g/mol. The maximum Gasteiger partial charge on any atom is 0.184 e. The topological polar surface area (TPSA) is 18.5 Å². The molecule has 1 rings (SSSR count). The summed E-state index contributed by atoms with van der Waals surface area (Å²) in [6.07, 6.45) is 5.44. The van der Waals surface area contributed by atoms with Crippen molar-refractivity contribution in [2.75, 3.05) is 0 Å². The third kappa shape index (κ3) is 5.38. The maximum atomic E-state index is 6.52. The lowest BCUT2D eigenvalue weighted by Gasteiger charge is -2.47. The second-order valence-corrected chi connectivity index (χ2v) is 18.1. The van der Waals surface area contributed by atoms with E-state index in [1.165, 1.54) is 25.7 Å². The fourth-order valence-electron chi connectivity index (χ4n) is 2.70. The molecule has 2 atom stereocenters. The van der Waals surface area contributed by atoms with Crippen LogP contribution in [0.3, 0.4) is 0 Å². The van der Waals surface area contributed by atoms with Crippen LogP contribution in [0.25, 0.3) is 0 Å². The fraction of sp³-hybridized carbons (Fsp3) is 1.00. The number of rotatable bonds is 4. The van der Waals surface area contributed by atoms with Crippen LogP contribution in [0.1, 0.15) is 25.7 Å². The highest BCUT2D eigenvalue weighted by atomic mass is 28.4. The standard InChI is InChI=1S/C12H30O2Si3/c1-16(2,3)13-11-9-7-8-10-12(11,15)14-17(4,5)6/h11H,7-10H2,1-6,15H3. The van der Waals surface area contributed by atoms with Gasteiger partial charge in [0, 0.05) is 10.2 Å². The van der Waals surface area contributed by atoms with Gasteiger partial charge in [-0.2, -0.15) is 0 Å². The Kier molecular flexibility index (Phi) is 4.86. The Labute approximate surface area is 112 Å². The third-order valence-corrected chi connectivity index (χ3v) is 6.93. The third-order valence-electron chi connectivity index (χ3n) is 3.11. The van der Waals surface area contributed by atoms with Gasteiger partial charge in [0.2, 0.25) is 0 Å². The summed E-state index contributed by atoms with van der Waals surface area (Å²) in [6.45, 7) is 13.8. The van der Waals surface area contributed by atoms with Crippen LogP contribution in [-0.2, 0) is 8.85 Å². The molecule has 1 saturated carbocycles. The zero-order valence-electron chi connectivity index (χ0n) is 12.7. The molecule has 0 amide bonds. The molecule has 0 saturated heterocycles. The van der Waals surface area contributed by atoms with Crippen LogP contribution in [0.4, 0.5) is 0 Å². The smallest absolute Gasteiger partial charge is 0.184 e. The van der Waals surface area contributed by atoms with Gasteiger partial charge in [0.05, 0.1) is 11.3 Å². The summed E-state index contributed by atoms with van der Waals surface area (Å²) in [6, 6.07) is 0. The van der Waals surface area contributed by atoms with E-state index in [-0.39, 0.29) is 5.22 Å². The van der Waals surface area contributed by atoms with Gasteiger partial charge in [-0.25, -0.2) is 0 Å². The largest absolute Gasteiger partial charge is 0.413 e. The highest BCUT2D eigenvalue weighted by Crippen LogP contribution is 2.35. The van der Waals surface area contributed by atoms with Crippen molar-refractivity contribution >= 4 is 26.9 Å². The lowest BCUT2D eigenvalue weighted by atomic mass is 9.94. The molecule has 102 valence electrons. The zero-order valence-corrected chi connectivity index (χ0v) is 16.7. The van der Waals surface area contributed by atoms with Gasteiger partial charge in [-0.1, -0.05) is 12.8 Å². The molecule has 0 aliphatic heterocycles. The molecule has 0 aromatic rings. The molecule has 5 heteroatoms. The van der Waals surface area contributed by atoms with Crippen LogP contribution < -0.4 is 0 Å². The van der Waals surface area contributed by atoms with E-state index in [4.69, 9.17) is 8.85 Å². The minimum absolute atomic E-state index is 0.100. The van der Waals surface area contributed by atoms with E-state index in [0.717, 1.165) is 10.2 Å². The number of hydrogen-bond acceptors (Lipinski definition) is 2. The van der Waals surface area contributed by atoms with Crippen molar-refractivity contribution < 1.29 is 8.85 Å². The van der Waals surface area contributed by atoms with Crippen molar-refractivity contribution in [2.45, 2.75) is 76.3 Å². The van der Waals surface area contributed by atoms with Crippen LogP contribution in [-0.4, -0.2) is 38.2 Å². The van der Waals surface area contributed by atoms with E-state index in [2.05, 4.69) is 39.3 Å². The van der Waals surface area contributed by atoms with Gasteiger partial charge < -0.3 is 8.85 Å². The summed E-state index contributed by atoms with van der Waals surface area (Å²) in [7, 11) is -1.82. The van der Waals surface area contributed by atoms with Crippen molar-refractivity contribution in [2.24, 2.45) is 0 Å². The molecular formula is C12H30O2Si3. The molecule has 0 bridgehead atoms. The first-order valence-electron chi connectivity index (χ1n) is 6.90. The Morgan fingerprint density at radius 3 is 2.06 bits per heavy atom. The monoisotopic (exact) mass is 290 g/mol. The average Bonchev–Trinajstić information content (AvgIpc) is 2.03. The Balaban J connectivity index is 2.77. The van der Waals surface area contributed by atoms with E-state index in [1.54, 1.807) is 0 Å². The van der Waals surface area contributed by atoms with Crippen molar-refractivity contribution in [3.8, 4) is 0 Å². The molecule has 1 fully saturated rings. The van der Waals surface area contributed by atoms with E-state index >= 15 is 0 Å². The van der Waals surface area contributed by atoms with E-state index < -0.39 is 16.6 Å². The van der Waals surface area contributed by atoms with Crippen LogP contribution in [0, 0.1) is 0 Å². The minimum Gasteiger partial charge on any atom is -0.413 e. The van der Waals surface area contributed by atoms with Gasteiger partial charge in [-0.05, 0) is 52.1 Å². The summed E-state index contributed by atoms with van der Waals surface area (Å²) in [5, 5.41) is 0.100. The normalized spacial score (nSPS) is 31.8. The average molecular weight is 291 g/mol. The molecule has 0 N–H and O–H groups in total. The van der Waals surface area contributed by atoms with Gasteiger partial charge in [-0.15, -0.1) is 0 Å². The molecule has 2 unspecified atom stereocenters. The predicted octanol–water partition coefficient (Wildman–Crippen LogP) is 2.69. The molecule has 0 aromatic heterocycles. The van der Waals surface area contributed by atoms with E-state index in [0.29, 0.717) is 6.10 Å². The molecule has 17 heavy (non-hydrogen) atoms. The van der Waals surface area contributed by atoms with Crippen molar-refractivity contribution in [3.63, 3.8) is 0 Å². The van der Waals surface area contributed by atoms with Gasteiger partial charge in [0.15, 0.2) is 16.6 Å². The molecule has 0 radical (unpaired) electrons. The maximum absolute atomic E-state index is 6.52. The molecule has 1 aliphatic rings. The zero-order chi connectivity index (χ0) is 13.3. The molecule has 0 heterocycles. The predicted molar refractivity (Wildman–Crippen MR) is 83.8 cm³/mol. The van der Waals surface area contributed by atoms with Crippen molar-refractivity contribution in [1.29, 1.82) is 0 Å². The Morgan fingerprint density at radius 2 is 1.59 bits per heavy atom. The molecule has 0 spiro atoms. The Morgan fingerprint density at radius 1 is 1.00 bits per heavy atom. The Bertz CT molecular complexity index is 257. The van der Waals surface area contributed by atoms with Gasteiger partial charge >= 0.3 is 0 Å². The fourth-order valence-corrected chi connectivity index (χ4v) is 8.38. The molecule has 2 nitrogen and oxygen atoms in total. The summed E-state index contributed by atoms with van der Waals surface area (Å²) in [5.74, 6) is 0.